The maximum absolute atomic E-state index is 11.1. The normalized spacial score (nSPS) is 34.9. The molecule has 3 heteroatoms. The van der Waals surface area contributed by atoms with E-state index in [4.69, 9.17) is 5.11 Å². The highest BCUT2D eigenvalue weighted by Gasteiger charge is 2.42. The van der Waals surface area contributed by atoms with Crippen molar-refractivity contribution in [1.29, 1.82) is 0 Å². The third kappa shape index (κ3) is 1.80. The summed E-state index contributed by atoms with van der Waals surface area (Å²) < 4.78 is 0. The predicted molar refractivity (Wildman–Crippen MR) is 56.1 cm³/mol. The lowest BCUT2D eigenvalue weighted by Crippen LogP contribution is -2.39. The van der Waals surface area contributed by atoms with E-state index in [9.17, 15) is 4.79 Å². The third-order valence-corrected chi connectivity index (χ3v) is 4.36. The van der Waals surface area contributed by atoms with Gasteiger partial charge in [0.2, 0.25) is 0 Å². The molecule has 1 aliphatic rings. The molecule has 1 aliphatic carbocycles. The molecular formula is C10H15BrO2. The summed E-state index contributed by atoms with van der Waals surface area (Å²) in [5.74, 6) is -0.707. The molecule has 2 atom stereocenters. The SMILES string of the molecule is CC1=C(C)CC(C)(C(=O)O)C(Br)C1. The lowest BCUT2D eigenvalue weighted by Gasteiger charge is -2.35. The van der Waals surface area contributed by atoms with E-state index in [-0.39, 0.29) is 4.83 Å². The molecule has 0 amide bonds. The number of carboxylic acids is 1. The summed E-state index contributed by atoms with van der Waals surface area (Å²) in [7, 11) is 0. The zero-order valence-corrected chi connectivity index (χ0v) is 9.81. The first-order valence-corrected chi connectivity index (χ1v) is 5.32. The van der Waals surface area contributed by atoms with Gasteiger partial charge in [-0.3, -0.25) is 4.79 Å². The molecule has 0 heterocycles. The van der Waals surface area contributed by atoms with Crippen LogP contribution >= 0.6 is 15.9 Å². The molecular weight excluding hydrogens is 232 g/mol. The van der Waals surface area contributed by atoms with Crippen LogP contribution in [0.15, 0.2) is 11.1 Å². The fourth-order valence-electron chi connectivity index (χ4n) is 1.69. The Morgan fingerprint density at radius 2 is 2.08 bits per heavy atom. The Hall–Kier alpha value is -0.310. The highest BCUT2D eigenvalue weighted by Crippen LogP contribution is 2.43. The molecule has 0 bridgehead atoms. The summed E-state index contributed by atoms with van der Waals surface area (Å²) in [6.45, 7) is 5.91. The van der Waals surface area contributed by atoms with Crippen LogP contribution in [-0.4, -0.2) is 15.9 Å². The number of hydrogen-bond acceptors (Lipinski definition) is 1. The van der Waals surface area contributed by atoms with Gasteiger partial charge in [0.1, 0.15) is 0 Å². The Kier molecular flexibility index (Phi) is 2.85. The quantitative estimate of drug-likeness (QED) is 0.571. The first-order valence-electron chi connectivity index (χ1n) is 4.40. The van der Waals surface area contributed by atoms with Crippen molar-refractivity contribution in [3.05, 3.63) is 11.1 Å². The summed E-state index contributed by atoms with van der Waals surface area (Å²) in [4.78, 5) is 11.1. The topological polar surface area (TPSA) is 37.3 Å². The van der Waals surface area contributed by atoms with Crippen LogP contribution in [0, 0.1) is 5.41 Å². The van der Waals surface area contributed by atoms with Gasteiger partial charge in [0.25, 0.3) is 0 Å². The largest absolute Gasteiger partial charge is 0.481 e. The third-order valence-electron chi connectivity index (χ3n) is 3.03. The van der Waals surface area contributed by atoms with Crippen molar-refractivity contribution in [2.75, 3.05) is 0 Å². The number of halogens is 1. The van der Waals surface area contributed by atoms with Gasteiger partial charge in [0, 0.05) is 4.83 Å². The molecule has 74 valence electrons. The lowest BCUT2D eigenvalue weighted by molar-refractivity contribution is -0.148. The van der Waals surface area contributed by atoms with E-state index in [0.29, 0.717) is 6.42 Å². The molecule has 1 rings (SSSR count). The molecule has 2 unspecified atom stereocenters. The smallest absolute Gasteiger partial charge is 0.310 e. The molecule has 0 aromatic carbocycles. The Morgan fingerprint density at radius 3 is 2.54 bits per heavy atom. The van der Waals surface area contributed by atoms with E-state index in [1.807, 2.05) is 13.8 Å². The Morgan fingerprint density at radius 1 is 1.54 bits per heavy atom. The lowest BCUT2D eigenvalue weighted by atomic mass is 9.73. The summed E-state index contributed by atoms with van der Waals surface area (Å²) in [5, 5.41) is 9.12. The Balaban J connectivity index is 2.99. The van der Waals surface area contributed by atoms with E-state index >= 15 is 0 Å². The first-order chi connectivity index (χ1) is 5.88. The number of allylic oxidation sites excluding steroid dienone is 2. The minimum atomic E-state index is -0.707. The summed E-state index contributed by atoms with van der Waals surface area (Å²) in [5.41, 5.74) is 1.91. The van der Waals surface area contributed by atoms with E-state index in [1.165, 1.54) is 11.1 Å². The molecule has 13 heavy (non-hydrogen) atoms. The average molecular weight is 247 g/mol. The maximum Gasteiger partial charge on any atom is 0.310 e. The minimum absolute atomic E-state index is 0.0567. The van der Waals surface area contributed by atoms with Crippen molar-refractivity contribution < 1.29 is 9.90 Å². The van der Waals surface area contributed by atoms with Gasteiger partial charge in [-0.15, -0.1) is 0 Å². The minimum Gasteiger partial charge on any atom is -0.481 e. The van der Waals surface area contributed by atoms with Crippen LogP contribution in [0.3, 0.4) is 0 Å². The van der Waals surface area contributed by atoms with Crippen molar-refractivity contribution in [3.8, 4) is 0 Å². The second-order valence-electron chi connectivity index (χ2n) is 4.13. The van der Waals surface area contributed by atoms with E-state index in [1.54, 1.807) is 0 Å². The van der Waals surface area contributed by atoms with E-state index < -0.39 is 11.4 Å². The van der Waals surface area contributed by atoms with Crippen molar-refractivity contribution in [2.45, 2.75) is 38.4 Å². The maximum atomic E-state index is 11.1. The molecule has 0 saturated carbocycles. The fraction of sp³-hybridized carbons (Fsp3) is 0.700. The molecule has 0 fully saturated rings. The highest BCUT2D eigenvalue weighted by atomic mass is 79.9. The van der Waals surface area contributed by atoms with Crippen LogP contribution in [0.2, 0.25) is 0 Å². The standard InChI is InChI=1S/C10H15BrO2/c1-6-4-8(11)10(3,9(12)13)5-7(6)2/h8H,4-5H2,1-3H3,(H,12,13). The van der Waals surface area contributed by atoms with Crippen LogP contribution in [0.4, 0.5) is 0 Å². The number of aliphatic carboxylic acids is 1. The molecule has 2 nitrogen and oxygen atoms in total. The first kappa shape index (κ1) is 10.8. The van der Waals surface area contributed by atoms with Crippen molar-refractivity contribution in [3.63, 3.8) is 0 Å². The number of rotatable bonds is 1. The summed E-state index contributed by atoms with van der Waals surface area (Å²) in [6, 6.07) is 0. The number of carbonyl (C=O) groups is 1. The van der Waals surface area contributed by atoms with Gasteiger partial charge in [0.15, 0.2) is 0 Å². The zero-order valence-electron chi connectivity index (χ0n) is 8.22. The average Bonchev–Trinajstić information content (AvgIpc) is 2.01. The van der Waals surface area contributed by atoms with Crippen LogP contribution in [0.5, 0.6) is 0 Å². The Labute approximate surface area is 87.2 Å². The second kappa shape index (κ2) is 3.45. The van der Waals surface area contributed by atoms with Gasteiger partial charge >= 0.3 is 5.97 Å². The zero-order chi connectivity index (χ0) is 10.2. The number of hydrogen-bond donors (Lipinski definition) is 1. The predicted octanol–water partition coefficient (Wildman–Crippen LogP) is 2.97. The molecule has 0 radical (unpaired) electrons. The number of carboxylic acid groups (broad SMARTS) is 1. The van der Waals surface area contributed by atoms with Crippen LogP contribution in [0.1, 0.15) is 33.6 Å². The van der Waals surface area contributed by atoms with Gasteiger partial charge in [-0.1, -0.05) is 27.1 Å². The van der Waals surface area contributed by atoms with Crippen LogP contribution in [0.25, 0.3) is 0 Å². The summed E-state index contributed by atoms with van der Waals surface area (Å²) >= 11 is 3.46. The van der Waals surface area contributed by atoms with Crippen LogP contribution < -0.4 is 0 Å². The Bertz CT molecular complexity index is 270. The van der Waals surface area contributed by atoms with Gasteiger partial charge < -0.3 is 5.11 Å². The van der Waals surface area contributed by atoms with Gasteiger partial charge in [0.05, 0.1) is 5.41 Å². The van der Waals surface area contributed by atoms with Crippen molar-refractivity contribution >= 4 is 21.9 Å². The van der Waals surface area contributed by atoms with Gasteiger partial charge in [-0.25, -0.2) is 0 Å². The highest BCUT2D eigenvalue weighted by molar-refractivity contribution is 9.09. The monoisotopic (exact) mass is 246 g/mol. The summed E-state index contributed by atoms with van der Waals surface area (Å²) in [6.07, 6.45) is 1.50. The van der Waals surface area contributed by atoms with E-state index in [0.717, 1.165) is 6.42 Å². The fourth-order valence-corrected chi connectivity index (χ4v) is 2.53. The molecule has 0 saturated heterocycles. The molecule has 1 N–H and O–H groups in total. The van der Waals surface area contributed by atoms with E-state index in [2.05, 4.69) is 22.9 Å². The molecule has 0 aromatic rings. The van der Waals surface area contributed by atoms with Crippen molar-refractivity contribution in [1.82, 2.24) is 0 Å². The van der Waals surface area contributed by atoms with Gasteiger partial charge in [-0.2, -0.15) is 0 Å². The number of alkyl halides is 1. The molecule has 0 aliphatic heterocycles. The van der Waals surface area contributed by atoms with Crippen LogP contribution in [-0.2, 0) is 4.79 Å². The van der Waals surface area contributed by atoms with Crippen molar-refractivity contribution in [2.24, 2.45) is 5.41 Å². The molecule has 0 spiro atoms. The second-order valence-corrected chi connectivity index (χ2v) is 5.24. The van der Waals surface area contributed by atoms with Gasteiger partial charge in [-0.05, 0) is 33.6 Å². The molecule has 0 aromatic heterocycles.